The highest BCUT2D eigenvalue weighted by Crippen LogP contribution is 2.24. The Morgan fingerprint density at radius 2 is 1.86 bits per heavy atom. The van der Waals surface area contributed by atoms with Gasteiger partial charge in [0.25, 0.3) is 5.91 Å². The van der Waals surface area contributed by atoms with E-state index in [9.17, 15) is 4.79 Å². The van der Waals surface area contributed by atoms with E-state index in [-0.39, 0.29) is 11.9 Å². The average Bonchev–Trinajstić information content (AvgIpc) is 3.03. The van der Waals surface area contributed by atoms with Crippen molar-refractivity contribution in [1.82, 2.24) is 4.90 Å². The maximum absolute atomic E-state index is 12.6. The van der Waals surface area contributed by atoms with Crippen LogP contribution >= 0.6 is 15.9 Å². The second-order valence-corrected chi connectivity index (χ2v) is 6.38. The summed E-state index contributed by atoms with van der Waals surface area (Å²) in [5, 5.41) is 3.45. The fraction of sp³-hybridized carbons (Fsp3) is 0.278. The molecule has 1 atom stereocenters. The quantitative estimate of drug-likeness (QED) is 0.889. The minimum absolute atomic E-state index is 0.136. The van der Waals surface area contributed by atoms with Crippen molar-refractivity contribution in [3.05, 3.63) is 64.6 Å². The summed E-state index contributed by atoms with van der Waals surface area (Å²) in [7, 11) is 0. The van der Waals surface area contributed by atoms with Gasteiger partial charge in [0.05, 0.1) is 0 Å². The summed E-state index contributed by atoms with van der Waals surface area (Å²) in [6.45, 7) is 1.62. The Kier molecular flexibility index (Phi) is 4.78. The predicted octanol–water partition coefficient (Wildman–Crippen LogP) is 4.17. The number of hydrogen-bond acceptors (Lipinski definition) is 2. The van der Waals surface area contributed by atoms with Gasteiger partial charge >= 0.3 is 0 Å². The second-order valence-electron chi connectivity index (χ2n) is 5.52. The van der Waals surface area contributed by atoms with Crippen LogP contribution in [0.15, 0.2) is 59.1 Å². The molecule has 4 heteroatoms. The average molecular weight is 359 g/mol. The summed E-state index contributed by atoms with van der Waals surface area (Å²) in [5.41, 5.74) is 1.84. The van der Waals surface area contributed by atoms with Crippen LogP contribution in [0.3, 0.4) is 0 Å². The van der Waals surface area contributed by atoms with E-state index < -0.39 is 0 Å². The molecule has 3 nitrogen and oxygen atoms in total. The number of benzene rings is 2. The summed E-state index contributed by atoms with van der Waals surface area (Å²) >= 11 is 3.54. The summed E-state index contributed by atoms with van der Waals surface area (Å²) in [5.74, 6) is 0.136. The molecule has 22 heavy (non-hydrogen) atoms. The van der Waals surface area contributed by atoms with Crippen LogP contribution in [0.5, 0.6) is 0 Å². The first-order valence-corrected chi connectivity index (χ1v) is 8.39. The van der Waals surface area contributed by atoms with Crippen molar-refractivity contribution in [2.24, 2.45) is 0 Å². The number of carbonyl (C=O) groups excluding carboxylic acids is 1. The molecule has 2 aromatic carbocycles. The molecule has 1 fully saturated rings. The Hall–Kier alpha value is -1.81. The SMILES string of the molecule is O=C(c1ccccc1)N1CCCC1CNc1ccccc1Br. The molecule has 1 unspecified atom stereocenters. The Balaban J connectivity index is 1.66. The summed E-state index contributed by atoms with van der Waals surface area (Å²) in [6.07, 6.45) is 2.12. The van der Waals surface area contributed by atoms with Crippen LogP contribution in [0.25, 0.3) is 0 Å². The number of nitrogens with zero attached hydrogens (tertiary/aromatic N) is 1. The first-order valence-electron chi connectivity index (χ1n) is 7.60. The molecule has 114 valence electrons. The summed E-state index contributed by atoms with van der Waals surface area (Å²) in [6, 6.07) is 17.9. The first kappa shape index (κ1) is 15.1. The Morgan fingerprint density at radius 1 is 1.14 bits per heavy atom. The second kappa shape index (κ2) is 6.97. The van der Waals surface area contributed by atoms with E-state index in [1.54, 1.807) is 0 Å². The lowest BCUT2D eigenvalue weighted by molar-refractivity contribution is 0.0744. The zero-order chi connectivity index (χ0) is 15.4. The van der Waals surface area contributed by atoms with Gasteiger partial charge in [-0.2, -0.15) is 0 Å². The maximum atomic E-state index is 12.6. The standard InChI is InChI=1S/C18H19BrN2O/c19-16-10-4-5-11-17(16)20-13-15-9-6-12-21(15)18(22)14-7-2-1-3-8-14/h1-5,7-8,10-11,15,20H,6,9,12-13H2. The van der Waals surface area contributed by atoms with Gasteiger partial charge in [-0.1, -0.05) is 30.3 Å². The number of halogens is 1. The van der Waals surface area contributed by atoms with E-state index in [1.807, 2.05) is 59.5 Å². The van der Waals surface area contributed by atoms with Gasteiger partial charge in [0.2, 0.25) is 0 Å². The molecule has 1 amide bonds. The topological polar surface area (TPSA) is 32.3 Å². The molecule has 1 heterocycles. The van der Waals surface area contributed by atoms with Crippen LogP contribution in [-0.4, -0.2) is 29.9 Å². The van der Waals surface area contributed by atoms with Gasteiger partial charge in [-0.15, -0.1) is 0 Å². The molecule has 3 rings (SSSR count). The van der Waals surface area contributed by atoms with E-state index in [2.05, 4.69) is 21.2 Å². The monoisotopic (exact) mass is 358 g/mol. The molecular weight excluding hydrogens is 340 g/mol. The first-order chi connectivity index (χ1) is 10.8. The Morgan fingerprint density at radius 3 is 2.64 bits per heavy atom. The Labute approximate surface area is 139 Å². The fourth-order valence-electron chi connectivity index (χ4n) is 2.89. The molecule has 1 aliphatic heterocycles. The normalized spacial score (nSPS) is 17.5. The number of likely N-dealkylation sites (tertiary alicyclic amines) is 1. The highest BCUT2D eigenvalue weighted by Gasteiger charge is 2.29. The lowest BCUT2D eigenvalue weighted by Crippen LogP contribution is -2.39. The lowest BCUT2D eigenvalue weighted by Gasteiger charge is -2.25. The maximum Gasteiger partial charge on any atom is 0.254 e. The zero-order valence-electron chi connectivity index (χ0n) is 12.3. The van der Waals surface area contributed by atoms with Crippen molar-refractivity contribution >= 4 is 27.5 Å². The van der Waals surface area contributed by atoms with Crippen molar-refractivity contribution in [3.63, 3.8) is 0 Å². The van der Waals surface area contributed by atoms with Gasteiger partial charge in [0, 0.05) is 34.9 Å². The third kappa shape index (κ3) is 3.33. The smallest absolute Gasteiger partial charge is 0.254 e. The van der Waals surface area contributed by atoms with Crippen LogP contribution in [-0.2, 0) is 0 Å². The van der Waals surface area contributed by atoms with E-state index in [0.717, 1.165) is 41.7 Å². The molecule has 0 aromatic heterocycles. The molecule has 2 aromatic rings. The zero-order valence-corrected chi connectivity index (χ0v) is 13.9. The summed E-state index contributed by atoms with van der Waals surface area (Å²) in [4.78, 5) is 14.6. The molecule has 1 saturated heterocycles. The molecule has 1 aliphatic rings. The van der Waals surface area contributed by atoms with Gasteiger partial charge in [0.1, 0.15) is 0 Å². The van der Waals surface area contributed by atoms with Crippen molar-refractivity contribution in [1.29, 1.82) is 0 Å². The lowest BCUT2D eigenvalue weighted by atomic mass is 10.1. The number of carbonyl (C=O) groups is 1. The molecular formula is C18H19BrN2O. The fourth-order valence-corrected chi connectivity index (χ4v) is 3.32. The van der Waals surface area contributed by atoms with Crippen molar-refractivity contribution < 1.29 is 4.79 Å². The minimum atomic E-state index is 0.136. The van der Waals surface area contributed by atoms with Gasteiger partial charge in [-0.25, -0.2) is 0 Å². The highest BCUT2D eigenvalue weighted by molar-refractivity contribution is 9.10. The molecule has 0 bridgehead atoms. The molecule has 0 spiro atoms. The Bertz CT molecular complexity index is 645. The van der Waals surface area contributed by atoms with Gasteiger partial charge < -0.3 is 10.2 Å². The summed E-state index contributed by atoms with van der Waals surface area (Å²) < 4.78 is 1.05. The van der Waals surface area contributed by atoms with Gasteiger partial charge in [-0.3, -0.25) is 4.79 Å². The van der Waals surface area contributed by atoms with Crippen LogP contribution < -0.4 is 5.32 Å². The molecule has 0 aliphatic carbocycles. The molecule has 0 saturated carbocycles. The van der Waals surface area contributed by atoms with E-state index in [4.69, 9.17) is 0 Å². The number of amides is 1. The number of nitrogens with one attached hydrogen (secondary N) is 1. The van der Waals surface area contributed by atoms with Crippen LogP contribution in [0, 0.1) is 0 Å². The third-order valence-electron chi connectivity index (χ3n) is 4.06. The molecule has 1 N–H and O–H groups in total. The number of rotatable bonds is 4. The number of para-hydroxylation sites is 1. The van der Waals surface area contributed by atoms with E-state index in [0.29, 0.717) is 0 Å². The van der Waals surface area contributed by atoms with Crippen molar-refractivity contribution in [2.75, 3.05) is 18.4 Å². The van der Waals surface area contributed by atoms with Gasteiger partial charge in [-0.05, 0) is 53.0 Å². The third-order valence-corrected chi connectivity index (χ3v) is 4.75. The number of hydrogen-bond donors (Lipinski definition) is 1. The van der Waals surface area contributed by atoms with Crippen LogP contribution in [0.2, 0.25) is 0 Å². The largest absolute Gasteiger partial charge is 0.382 e. The van der Waals surface area contributed by atoms with Crippen molar-refractivity contribution in [2.45, 2.75) is 18.9 Å². The van der Waals surface area contributed by atoms with Gasteiger partial charge in [0.15, 0.2) is 0 Å². The highest BCUT2D eigenvalue weighted by atomic mass is 79.9. The van der Waals surface area contributed by atoms with Crippen LogP contribution in [0.1, 0.15) is 23.2 Å². The number of anilines is 1. The molecule has 0 radical (unpaired) electrons. The van der Waals surface area contributed by atoms with E-state index >= 15 is 0 Å². The minimum Gasteiger partial charge on any atom is -0.382 e. The predicted molar refractivity (Wildman–Crippen MR) is 93.1 cm³/mol. The van der Waals surface area contributed by atoms with Crippen molar-refractivity contribution in [3.8, 4) is 0 Å². The van der Waals surface area contributed by atoms with E-state index in [1.165, 1.54) is 0 Å². The van der Waals surface area contributed by atoms with Crippen LogP contribution in [0.4, 0.5) is 5.69 Å².